The number of hydrogen-bond acceptors (Lipinski definition) is 4. The molecule has 1 aliphatic rings. The monoisotopic (exact) mass is 354 g/mol. The quantitative estimate of drug-likeness (QED) is 0.782. The lowest BCUT2D eigenvalue weighted by atomic mass is 9.95. The molecule has 0 spiro atoms. The van der Waals surface area contributed by atoms with Crippen molar-refractivity contribution in [3.63, 3.8) is 0 Å². The van der Waals surface area contributed by atoms with Crippen molar-refractivity contribution in [2.45, 2.75) is 32.2 Å². The van der Waals surface area contributed by atoms with Gasteiger partial charge in [-0.3, -0.25) is 9.48 Å². The smallest absolute Gasteiger partial charge is 0.270 e. The van der Waals surface area contributed by atoms with Gasteiger partial charge >= 0.3 is 0 Å². The molecule has 1 N–H and O–H groups in total. The van der Waals surface area contributed by atoms with Crippen molar-refractivity contribution in [3.8, 4) is 11.3 Å². The number of aromatic nitrogens is 3. The second-order valence-corrected chi connectivity index (χ2v) is 6.47. The normalized spacial score (nSPS) is 13.5. The minimum atomic E-state index is -0.302. The van der Waals surface area contributed by atoms with Gasteiger partial charge in [0.15, 0.2) is 5.76 Å². The number of halogens is 1. The van der Waals surface area contributed by atoms with Crippen LogP contribution in [0.1, 0.15) is 40.3 Å². The molecule has 4 rings (SSSR count). The summed E-state index contributed by atoms with van der Waals surface area (Å²) in [6, 6.07) is 7.76. The van der Waals surface area contributed by atoms with Crippen LogP contribution in [0.3, 0.4) is 0 Å². The SMILES string of the molecule is Cn1nc2c(c1C(=O)NCc1cc(-c3ccc(F)cc3)no1)CCCC2. The van der Waals surface area contributed by atoms with Crippen LogP contribution in [-0.4, -0.2) is 20.8 Å². The van der Waals surface area contributed by atoms with Crippen molar-refractivity contribution in [1.29, 1.82) is 0 Å². The molecule has 1 amide bonds. The maximum Gasteiger partial charge on any atom is 0.270 e. The van der Waals surface area contributed by atoms with Crippen LogP contribution in [0, 0.1) is 5.82 Å². The van der Waals surface area contributed by atoms with Gasteiger partial charge in [0.1, 0.15) is 17.2 Å². The minimum Gasteiger partial charge on any atom is -0.359 e. The number of carbonyl (C=O) groups is 1. The van der Waals surface area contributed by atoms with Gasteiger partial charge in [-0.2, -0.15) is 5.10 Å². The first-order chi connectivity index (χ1) is 12.6. The average Bonchev–Trinajstić information content (AvgIpc) is 3.24. The molecule has 0 saturated heterocycles. The molecule has 1 aliphatic carbocycles. The summed E-state index contributed by atoms with van der Waals surface area (Å²) in [5.41, 5.74) is 4.07. The number of carbonyl (C=O) groups excluding carboxylic acids is 1. The number of nitrogens with zero attached hydrogens (tertiary/aromatic N) is 3. The van der Waals surface area contributed by atoms with Crippen LogP contribution in [-0.2, 0) is 26.4 Å². The van der Waals surface area contributed by atoms with Crippen molar-refractivity contribution >= 4 is 5.91 Å². The Kier molecular flexibility index (Phi) is 4.28. The highest BCUT2D eigenvalue weighted by atomic mass is 19.1. The van der Waals surface area contributed by atoms with Crippen LogP contribution in [0.5, 0.6) is 0 Å². The Hall–Kier alpha value is -2.96. The molecule has 0 aliphatic heterocycles. The van der Waals surface area contributed by atoms with E-state index in [1.54, 1.807) is 29.9 Å². The van der Waals surface area contributed by atoms with E-state index < -0.39 is 0 Å². The highest BCUT2D eigenvalue weighted by Crippen LogP contribution is 2.24. The van der Waals surface area contributed by atoms with E-state index in [2.05, 4.69) is 15.6 Å². The molecule has 2 heterocycles. The lowest BCUT2D eigenvalue weighted by molar-refractivity contribution is 0.0936. The van der Waals surface area contributed by atoms with Gasteiger partial charge < -0.3 is 9.84 Å². The standard InChI is InChI=1S/C19H19FN4O2/c1-24-18(15-4-2-3-5-16(15)22-24)19(25)21-11-14-10-17(23-26-14)12-6-8-13(20)9-7-12/h6-10H,2-5,11H2,1H3,(H,21,25). The van der Waals surface area contributed by atoms with Gasteiger partial charge in [-0.1, -0.05) is 5.16 Å². The fourth-order valence-electron chi connectivity index (χ4n) is 3.37. The van der Waals surface area contributed by atoms with Crippen LogP contribution >= 0.6 is 0 Å². The molecule has 0 fully saturated rings. The van der Waals surface area contributed by atoms with Gasteiger partial charge in [0.05, 0.1) is 12.2 Å². The molecule has 0 saturated carbocycles. The van der Waals surface area contributed by atoms with Crippen molar-refractivity contribution in [1.82, 2.24) is 20.3 Å². The summed E-state index contributed by atoms with van der Waals surface area (Å²) in [7, 11) is 1.80. The molecule has 2 aromatic heterocycles. The summed E-state index contributed by atoms with van der Waals surface area (Å²) in [4.78, 5) is 12.6. The highest BCUT2D eigenvalue weighted by molar-refractivity contribution is 5.94. The van der Waals surface area contributed by atoms with E-state index in [0.717, 1.165) is 42.5 Å². The fraction of sp³-hybridized carbons (Fsp3) is 0.316. The first kappa shape index (κ1) is 16.5. The Morgan fingerprint density at radius 3 is 2.85 bits per heavy atom. The lowest BCUT2D eigenvalue weighted by Gasteiger charge is -2.11. The Labute approximate surface area is 150 Å². The first-order valence-corrected chi connectivity index (χ1v) is 8.66. The minimum absolute atomic E-state index is 0.164. The first-order valence-electron chi connectivity index (χ1n) is 8.66. The molecule has 6 nitrogen and oxygen atoms in total. The van der Waals surface area contributed by atoms with Crippen molar-refractivity contribution in [2.75, 3.05) is 0 Å². The van der Waals surface area contributed by atoms with Gasteiger partial charge in [0.2, 0.25) is 0 Å². The molecule has 134 valence electrons. The average molecular weight is 354 g/mol. The Bertz CT molecular complexity index is 943. The number of benzene rings is 1. The third-order valence-electron chi connectivity index (χ3n) is 4.66. The predicted octanol–water partition coefficient (Wildman–Crippen LogP) is 3.02. The molecule has 3 aromatic rings. The Morgan fingerprint density at radius 2 is 2.04 bits per heavy atom. The van der Waals surface area contributed by atoms with Gasteiger partial charge in [-0.25, -0.2) is 4.39 Å². The van der Waals surface area contributed by atoms with E-state index in [0.29, 0.717) is 17.1 Å². The largest absolute Gasteiger partial charge is 0.359 e. The van der Waals surface area contributed by atoms with E-state index in [4.69, 9.17) is 4.52 Å². The predicted molar refractivity (Wildman–Crippen MR) is 92.9 cm³/mol. The number of nitrogens with one attached hydrogen (secondary N) is 1. The Morgan fingerprint density at radius 1 is 1.27 bits per heavy atom. The number of fused-ring (bicyclic) bond motifs is 1. The molecule has 0 unspecified atom stereocenters. The number of rotatable bonds is 4. The summed E-state index contributed by atoms with van der Waals surface area (Å²) < 4.78 is 19.9. The van der Waals surface area contributed by atoms with Gasteiger partial charge in [0.25, 0.3) is 5.91 Å². The zero-order chi connectivity index (χ0) is 18.1. The van der Waals surface area contributed by atoms with Crippen LogP contribution in [0.2, 0.25) is 0 Å². The topological polar surface area (TPSA) is 73.0 Å². The molecular formula is C19H19FN4O2. The molecule has 0 bridgehead atoms. The van der Waals surface area contributed by atoms with Gasteiger partial charge in [-0.05, 0) is 49.9 Å². The van der Waals surface area contributed by atoms with E-state index in [-0.39, 0.29) is 18.3 Å². The van der Waals surface area contributed by atoms with Crippen LogP contribution in [0.4, 0.5) is 4.39 Å². The fourth-order valence-corrected chi connectivity index (χ4v) is 3.37. The van der Waals surface area contributed by atoms with Crippen molar-refractivity contribution in [3.05, 3.63) is 58.9 Å². The van der Waals surface area contributed by atoms with Gasteiger partial charge in [0, 0.05) is 24.2 Å². The zero-order valence-electron chi connectivity index (χ0n) is 14.5. The van der Waals surface area contributed by atoms with E-state index >= 15 is 0 Å². The maximum atomic E-state index is 13.0. The Balaban J connectivity index is 1.46. The van der Waals surface area contributed by atoms with E-state index in [9.17, 15) is 9.18 Å². The molecular weight excluding hydrogens is 335 g/mol. The molecule has 7 heteroatoms. The second-order valence-electron chi connectivity index (χ2n) is 6.47. The molecule has 1 aromatic carbocycles. The van der Waals surface area contributed by atoms with Crippen LogP contribution < -0.4 is 5.32 Å². The number of hydrogen-bond donors (Lipinski definition) is 1. The number of aryl methyl sites for hydroxylation is 2. The summed E-state index contributed by atoms with van der Waals surface area (Å²) in [6.07, 6.45) is 4.03. The van der Waals surface area contributed by atoms with Crippen LogP contribution in [0.15, 0.2) is 34.9 Å². The second kappa shape index (κ2) is 6.74. The molecule has 26 heavy (non-hydrogen) atoms. The zero-order valence-corrected chi connectivity index (χ0v) is 14.5. The van der Waals surface area contributed by atoms with Crippen molar-refractivity contribution < 1.29 is 13.7 Å². The number of amides is 1. The molecule has 0 radical (unpaired) electrons. The maximum absolute atomic E-state index is 13.0. The summed E-state index contributed by atoms with van der Waals surface area (Å²) in [6.45, 7) is 0.229. The van der Waals surface area contributed by atoms with Gasteiger partial charge in [-0.15, -0.1) is 0 Å². The van der Waals surface area contributed by atoms with Crippen LogP contribution in [0.25, 0.3) is 11.3 Å². The summed E-state index contributed by atoms with van der Waals surface area (Å²) in [5, 5.41) is 11.3. The third kappa shape index (κ3) is 3.12. The highest BCUT2D eigenvalue weighted by Gasteiger charge is 2.23. The molecule has 0 atom stereocenters. The van der Waals surface area contributed by atoms with E-state index in [1.807, 2.05) is 0 Å². The summed E-state index contributed by atoms with van der Waals surface area (Å²) >= 11 is 0. The van der Waals surface area contributed by atoms with Crippen molar-refractivity contribution in [2.24, 2.45) is 7.05 Å². The van der Waals surface area contributed by atoms with E-state index in [1.165, 1.54) is 12.1 Å². The lowest BCUT2D eigenvalue weighted by Crippen LogP contribution is -2.26. The summed E-state index contributed by atoms with van der Waals surface area (Å²) in [5.74, 6) is 0.0702. The third-order valence-corrected chi connectivity index (χ3v) is 4.66.